The molecule has 1 heterocycles. The molecule has 0 aromatic heterocycles. The van der Waals surface area contributed by atoms with Crippen LogP contribution in [0, 0.1) is 5.92 Å². The lowest BCUT2D eigenvalue weighted by Gasteiger charge is -2.24. The van der Waals surface area contributed by atoms with E-state index in [1.807, 2.05) is 24.3 Å². The van der Waals surface area contributed by atoms with E-state index in [0.29, 0.717) is 29.3 Å². The van der Waals surface area contributed by atoms with Crippen LogP contribution in [0.4, 0.5) is 11.4 Å². The number of rotatable bonds is 5. The average molecular weight is 359 g/mol. The number of carbonyl (C=O) groups is 2. The molecule has 1 unspecified atom stereocenters. The molecule has 3 rings (SSSR count). The van der Waals surface area contributed by atoms with E-state index >= 15 is 0 Å². The number of methoxy groups -OCH3 is 1. The van der Waals surface area contributed by atoms with Gasteiger partial charge < -0.3 is 15.4 Å². The van der Waals surface area contributed by atoms with E-state index in [1.54, 1.807) is 18.2 Å². The van der Waals surface area contributed by atoms with Crippen molar-refractivity contribution >= 4 is 34.8 Å². The van der Waals surface area contributed by atoms with Crippen LogP contribution in [0.1, 0.15) is 18.4 Å². The van der Waals surface area contributed by atoms with Gasteiger partial charge in [-0.05, 0) is 42.7 Å². The van der Waals surface area contributed by atoms with E-state index in [1.165, 1.54) is 7.11 Å². The molecule has 6 heteroatoms. The Bertz CT molecular complexity index is 807. The summed E-state index contributed by atoms with van der Waals surface area (Å²) in [6, 6.07) is 12.8. The number of halogens is 1. The van der Waals surface area contributed by atoms with Gasteiger partial charge in [-0.1, -0.05) is 29.8 Å². The summed E-state index contributed by atoms with van der Waals surface area (Å²) in [5.41, 5.74) is 2.57. The molecule has 1 atom stereocenters. The molecule has 0 spiro atoms. The third-order valence-corrected chi connectivity index (χ3v) is 4.56. The molecule has 0 fully saturated rings. The van der Waals surface area contributed by atoms with Gasteiger partial charge in [-0.3, -0.25) is 9.59 Å². The van der Waals surface area contributed by atoms with Crippen molar-refractivity contribution in [1.82, 2.24) is 0 Å². The lowest BCUT2D eigenvalue weighted by atomic mass is 9.89. The van der Waals surface area contributed by atoms with Crippen molar-refractivity contribution in [3.63, 3.8) is 0 Å². The van der Waals surface area contributed by atoms with E-state index in [4.69, 9.17) is 16.3 Å². The summed E-state index contributed by atoms with van der Waals surface area (Å²) in [6.45, 7) is 0. The van der Waals surface area contributed by atoms with E-state index in [-0.39, 0.29) is 24.2 Å². The summed E-state index contributed by atoms with van der Waals surface area (Å²) < 4.78 is 5.08. The second kappa shape index (κ2) is 7.57. The number of anilines is 2. The summed E-state index contributed by atoms with van der Waals surface area (Å²) in [5.74, 6) is 0.184. The highest BCUT2D eigenvalue weighted by Crippen LogP contribution is 2.29. The molecule has 2 amide bonds. The molecule has 5 nitrogen and oxygen atoms in total. The van der Waals surface area contributed by atoms with Crippen LogP contribution in [0.15, 0.2) is 42.5 Å². The number of amides is 2. The Labute approximate surface area is 151 Å². The molecule has 1 aliphatic heterocycles. The second-order valence-electron chi connectivity index (χ2n) is 5.98. The van der Waals surface area contributed by atoms with Crippen LogP contribution in [0.25, 0.3) is 0 Å². The largest absolute Gasteiger partial charge is 0.495 e. The molecule has 0 bridgehead atoms. The Hall–Kier alpha value is -2.53. The molecular formula is C19H19ClN2O3. The van der Waals surface area contributed by atoms with Gasteiger partial charge in [-0.2, -0.15) is 0 Å². The van der Waals surface area contributed by atoms with Crippen LogP contribution in [0.2, 0.25) is 5.02 Å². The number of carbonyl (C=O) groups excluding carboxylic acids is 2. The zero-order valence-corrected chi connectivity index (χ0v) is 14.6. The fraction of sp³-hybridized carbons (Fsp3) is 0.263. The fourth-order valence-electron chi connectivity index (χ4n) is 2.92. The Kier molecular flexibility index (Phi) is 5.24. The lowest BCUT2D eigenvalue weighted by Crippen LogP contribution is -2.30. The zero-order valence-electron chi connectivity index (χ0n) is 13.8. The summed E-state index contributed by atoms with van der Waals surface area (Å²) in [7, 11) is 1.53. The lowest BCUT2D eigenvalue weighted by molar-refractivity contribution is -0.121. The molecule has 2 aromatic carbocycles. The van der Waals surface area contributed by atoms with Crippen LogP contribution in [-0.2, 0) is 16.0 Å². The number of hydrogen-bond donors (Lipinski definition) is 2. The maximum Gasteiger partial charge on any atom is 0.227 e. The van der Waals surface area contributed by atoms with Gasteiger partial charge in [-0.25, -0.2) is 0 Å². The Morgan fingerprint density at radius 3 is 2.88 bits per heavy atom. The first-order valence-electron chi connectivity index (χ1n) is 8.09. The molecule has 0 saturated carbocycles. The van der Waals surface area contributed by atoms with Gasteiger partial charge in [0.15, 0.2) is 0 Å². The quantitative estimate of drug-likeness (QED) is 0.852. The third kappa shape index (κ3) is 4.12. The van der Waals surface area contributed by atoms with Gasteiger partial charge in [0.05, 0.1) is 12.1 Å². The van der Waals surface area contributed by atoms with E-state index < -0.39 is 0 Å². The van der Waals surface area contributed by atoms with Crippen molar-refractivity contribution in [2.45, 2.75) is 19.3 Å². The van der Waals surface area contributed by atoms with Crippen LogP contribution in [0.5, 0.6) is 5.75 Å². The minimum absolute atomic E-state index is 0.0287. The van der Waals surface area contributed by atoms with E-state index in [0.717, 1.165) is 11.3 Å². The number of para-hydroxylation sites is 1. The smallest absolute Gasteiger partial charge is 0.227 e. The standard InChI is InChI=1S/C19H19ClN2O3/c1-25-17-8-7-14(11-15(17)20)21-18(23)9-6-13-10-12-4-2-3-5-16(12)22-19(13)24/h2-5,7-8,11,13H,6,9-10H2,1H3,(H,21,23)(H,22,24). The van der Waals surface area contributed by atoms with Crippen LogP contribution in [-0.4, -0.2) is 18.9 Å². The summed E-state index contributed by atoms with van der Waals surface area (Å²) in [4.78, 5) is 24.3. The van der Waals surface area contributed by atoms with E-state index in [2.05, 4.69) is 10.6 Å². The molecule has 0 aliphatic carbocycles. The topological polar surface area (TPSA) is 67.4 Å². The van der Waals surface area contributed by atoms with Gasteiger partial charge in [0.2, 0.25) is 11.8 Å². The number of fused-ring (bicyclic) bond motifs is 1. The monoisotopic (exact) mass is 358 g/mol. The Morgan fingerprint density at radius 1 is 1.32 bits per heavy atom. The number of benzene rings is 2. The minimum Gasteiger partial charge on any atom is -0.495 e. The number of nitrogens with one attached hydrogen (secondary N) is 2. The highest BCUT2D eigenvalue weighted by Gasteiger charge is 2.26. The van der Waals surface area contributed by atoms with Crippen molar-refractivity contribution in [2.75, 3.05) is 17.7 Å². The minimum atomic E-state index is -0.194. The SMILES string of the molecule is COc1ccc(NC(=O)CCC2Cc3ccccc3NC2=O)cc1Cl. The first-order chi connectivity index (χ1) is 12.1. The maximum absolute atomic E-state index is 12.2. The van der Waals surface area contributed by atoms with Crippen molar-refractivity contribution in [1.29, 1.82) is 0 Å². The molecule has 2 N–H and O–H groups in total. The predicted octanol–water partition coefficient (Wildman–Crippen LogP) is 3.88. The van der Waals surface area contributed by atoms with Crippen molar-refractivity contribution in [3.05, 3.63) is 53.1 Å². The van der Waals surface area contributed by atoms with Gasteiger partial charge in [0, 0.05) is 23.7 Å². The Morgan fingerprint density at radius 2 is 2.12 bits per heavy atom. The number of ether oxygens (including phenoxy) is 1. The highest BCUT2D eigenvalue weighted by atomic mass is 35.5. The van der Waals surface area contributed by atoms with Gasteiger partial charge in [0.25, 0.3) is 0 Å². The molecule has 1 aliphatic rings. The zero-order chi connectivity index (χ0) is 17.8. The van der Waals surface area contributed by atoms with Gasteiger partial charge in [0.1, 0.15) is 5.75 Å². The fourth-order valence-corrected chi connectivity index (χ4v) is 3.18. The first kappa shape index (κ1) is 17.3. The summed E-state index contributed by atoms with van der Waals surface area (Å²) >= 11 is 6.05. The van der Waals surface area contributed by atoms with Crippen molar-refractivity contribution in [3.8, 4) is 5.75 Å². The summed E-state index contributed by atoms with van der Waals surface area (Å²) in [5, 5.41) is 6.13. The number of hydrogen-bond acceptors (Lipinski definition) is 3. The van der Waals surface area contributed by atoms with Gasteiger partial charge >= 0.3 is 0 Å². The van der Waals surface area contributed by atoms with Crippen LogP contribution in [0.3, 0.4) is 0 Å². The van der Waals surface area contributed by atoms with Gasteiger partial charge in [-0.15, -0.1) is 0 Å². The van der Waals surface area contributed by atoms with Crippen molar-refractivity contribution in [2.24, 2.45) is 5.92 Å². The second-order valence-corrected chi connectivity index (χ2v) is 6.39. The summed E-state index contributed by atoms with van der Waals surface area (Å²) in [6.07, 6.45) is 1.42. The van der Waals surface area contributed by atoms with E-state index in [9.17, 15) is 9.59 Å². The van der Waals surface area contributed by atoms with Crippen LogP contribution >= 0.6 is 11.6 Å². The highest BCUT2D eigenvalue weighted by molar-refractivity contribution is 6.32. The molecule has 25 heavy (non-hydrogen) atoms. The predicted molar refractivity (Wildman–Crippen MR) is 98.1 cm³/mol. The molecule has 130 valence electrons. The maximum atomic E-state index is 12.2. The molecule has 0 saturated heterocycles. The molecule has 2 aromatic rings. The third-order valence-electron chi connectivity index (χ3n) is 4.27. The van der Waals surface area contributed by atoms with Crippen molar-refractivity contribution < 1.29 is 14.3 Å². The Balaban J connectivity index is 1.56. The van der Waals surface area contributed by atoms with Crippen LogP contribution < -0.4 is 15.4 Å². The first-order valence-corrected chi connectivity index (χ1v) is 8.47. The normalized spacial score (nSPS) is 15.9. The average Bonchev–Trinajstić information content (AvgIpc) is 2.60. The molecule has 0 radical (unpaired) electrons. The molecular weight excluding hydrogens is 340 g/mol.